The Morgan fingerprint density at radius 3 is 2.76 bits per heavy atom. The first-order valence-corrected chi connectivity index (χ1v) is 6.63. The van der Waals surface area contributed by atoms with Crippen molar-refractivity contribution in [3.63, 3.8) is 0 Å². The van der Waals surface area contributed by atoms with E-state index in [2.05, 4.69) is 22.8 Å². The third kappa shape index (κ3) is 2.48. The van der Waals surface area contributed by atoms with Crippen molar-refractivity contribution in [1.82, 2.24) is 4.57 Å². The number of nitrogens with zero attached hydrogens (tertiary/aromatic N) is 1. The average molecular weight is 281 g/mol. The fourth-order valence-corrected chi connectivity index (χ4v) is 2.50. The zero-order valence-corrected chi connectivity index (χ0v) is 11.6. The zero-order chi connectivity index (χ0) is 14.8. The molecule has 0 aliphatic heterocycles. The van der Waals surface area contributed by atoms with Crippen LogP contribution in [0.1, 0.15) is 15.9 Å². The van der Waals surface area contributed by atoms with Gasteiger partial charge in [-0.1, -0.05) is 24.3 Å². The topological polar surface area (TPSA) is 51.5 Å². The van der Waals surface area contributed by atoms with Crippen LogP contribution in [-0.2, 0) is 6.54 Å². The van der Waals surface area contributed by atoms with Crippen LogP contribution in [0.4, 0.5) is 0 Å². The maximum Gasteiger partial charge on any atom is 0.339 e. The second kappa shape index (κ2) is 5.32. The van der Waals surface area contributed by atoms with Crippen molar-refractivity contribution < 1.29 is 14.6 Å². The first-order valence-electron chi connectivity index (χ1n) is 6.63. The summed E-state index contributed by atoms with van der Waals surface area (Å²) in [6.07, 6.45) is 2.01. The third-order valence-electron chi connectivity index (χ3n) is 3.53. The summed E-state index contributed by atoms with van der Waals surface area (Å²) >= 11 is 0. The van der Waals surface area contributed by atoms with Gasteiger partial charge < -0.3 is 14.4 Å². The number of hydrogen-bond donors (Lipinski definition) is 1. The van der Waals surface area contributed by atoms with Gasteiger partial charge in [-0.15, -0.1) is 0 Å². The lowest BCUT2D eigenvalue weighted by Crippen LogP contribution is -2.04. The molecule has 2 aromatic carbocycles. The van der Waals surface area contributed by atoms with Gasteiger partial charge in [0.1, 0.15) is 11.3 Å². The highest BCUT2D eigenvalue weighted by Crippen LogP contribution is 2.22. The van der Waals surface area contributed by atoms with Gasteiger partial charge in [0.25, 0.3) is 0 Å². The fourth-order valence-electron chi connectivity index (χ4n) is 2.50. The van der Waals surface area contributed by atoms with Crippen molar-refractivity contribution in [2.75, 3.05) is 7.11 Å². The van der Waals surface area contributed by atoms with Crippen molar-refractivity contribution in [2.24, 2.45) is 0 Å². The summed E-state index contributed by atoms with van der Waals surface area (Å²) in [5.74, 6) is -0.602. The Kier molecular flexibility index (Phi) is 3.36. The van der Waals surface area contributed by atoms with Crippen molar-refractivity contribution in [2.45, 2.75) is 6.54 Å². The van der Waals surface area contributed by atoms with Gasteiger partial charge in [-0.05, 0) is 35.2 Å². The quantitative estimate of drug-likeness (QED) is 0.797. The summed E-state index contributed by atoms with van der Waals surface area (Å²) in [6.45, 7) is 0.623. The molecule has 0 bridgehead atoms. The molecule has 0 radical (unpaired) electrons. The first-order chi connectivity index (χ1) is 10.2. The number of carboxylic acids is 1. The average Bonchev–Trinajstić information content (AvgIpc) is 2.90. The highest BCUT2D eigenvalue weighted by Gasteiger charge is 2.12. The van der Waals surface area contributed by atoms with Gasteiger partial charge in [-0.25, -0.2) is 4.79 Å². The minimum absolute atomic E-state index is 0.187. The summed E-state index contributed by atoms with van der Waals surface area (Å²) < 4.78 is 7.18. The molecule has 3 rings (SSSR count). The van der Waals surface area contributed by atoms with Crippen LogP contribution in [0.3, 0.4) is 0 Å². The Morgan fingerprint density at radius 1 is 1.19 bits per heavy atom. The third-order valence-corrected chi connectivity index (χ3v) is 3.53. The normalized spacial score (nSPS) is 10.7. The lowest BCUT2D eigenvalue weighted by Gasteiger charge is -2.09. The SMILES string of the molecule is COc1ccc(Cn2ccc3ccccc32)cc1C(=O)O. The highest BCUT2D eigenvalue weighted by molar-refractivity contribution is 5.91. The van der Waals surface area contributed by atoms with Crippen LogP contribution in [-0.4, -0.2) is 22.8 Å². The minimum atomic E-state index is -0.980. The maximum absolute atomic E-state index is 11.3. The molecule has 3 aromatic rings. The van der Waals surface area contributed by atoms with E-state index in [0.29, 0.717) is 12.3 Å². The number of carboxylic acid groups (broad SMARTS) is 1. The van der Waals surface area contributed by atoms with Gasteiger partial charge in [0.05, 0.1) is 7.11 Å². The number of rotatable bonds is 4. The lowest BCUT2D eigenvalue weighted by atomic mass is 10.1. The molecule has 0 aliphatic carbocycles. The number of aromatic carboxylic acids is 1. The summed E-state index contributed by atoms with van der Waals surface area (Å²) in [7, 11) is 1.47. The van der Waals surface area contributed by atoms with Crippen LogP contribution in [0, 0.1) is 0 Å². The number of benzene rings is 2. The number of aromatic nitrogens is 1. The summed E-state index contributed by atoms with van der Waals surface area (Å²) in [5, 5.41) is 10.4. The van der Waals surface area contributed by atoms with Gasteiger partial charge >= 0.3 is 5.97 Å². The van der Waals surface area contributed by atoms with E-state index in [9.17, 15) is 9.90 Å². The van der Waals surface area contributed by atoms with Crippen LogP contribution in [0.5, 0.6) is 5.75 Å². The molecule has 0 spiro atoms. The molecular formula is C17H15NO3. The van der Waals surface area contributed by atoms with Gasteiger partial charge in [-0.3, -0.25) is 0 Å². The molecule has 1 heterocycles. The van der Waals surface area contributed by atoms with E-state index in [-0.39, 0.29) is 5.56 Å². The molecule has 4 heteroatoms. The van der Waals surface area contributed by atoms with Gasteiger partial charge in [0.2, 0.25) is 0 Å². The summed E-state index contributed by atoms with van der Waals surface area (Å²) in [6, 6.07) is 15.4. The van der Waals surface area contributed by atoms with Crippen molar-refractivity contribution in [1.29, 1.82) is 0 Å². The molecule has 0 aliphatic rings. The van der Waals surface area contributed by atoms with Crippen LogP contribution in [0.25, 0.3) is 10.9 Å². The largest absolute Gasteiger partial charge is 0.496 e. The molecule has 0 amide bonds. The van der Waals surface area contributed by atoms with E-state index in [1.165, 1.54) is 12.5 Å². The van der Waals surface area contributed by atoms with Gasteiger partial charge in [0, 0.05) is 18.3 Å². The van der Waals surface area contributed by atoms with Crippen molar-refractivity contribution in [3.05, 3.63) is 65.9 Å². The van der Waals surface area contributed by atoms with Crippen LogP contribution in [0.2, 0.25) is 0 Å². The molecule has 106 valence electrons. The standard InChI is InChI=1S/C17H15NO3/c1-21-16-7-6-12(10-14(16)17(19)20)11-18-9-8-13-4-2-3-5-15(13)18/h2-10H,11H2,1H3,(H,19,20). The Labute approximate surface area is 122 Å². The second-order valence-electron chi connectivity index (χ2n) is 4.84. The molecule has 1 N–H and O–H groups in total. The Morgan fingerprint density at radius 2 is 2.00 bits per heavy atom. The number of methoxy groups -OCH3 is 1. The number of hydrogen-bond acceptors (Lipinski definition) is 2. The van der Waals surface area contributed by atoms with E-state index in [0.717, 1.165) is 11.1 Å². The predicted octanol–water partition coefficient (Wildman–Crippen LogP) is 3.40. The smallest absolute Gasteiger partial charge is 0.339 e. The second-order valence-corrected chi connectivity index (χ2v) is 4.84. The lowest BCUT2D eigenvalue weighted by molar-refractivity contribution is 0.0693. The predicted molar refractivity (Wildman–Crippen MR) is 81.0 cm³/mol. The monoisotopic (exact) mass is 281 g/mol. The zero-order valence-electron chi connectivity index (χ0n) is 11.6. The summed E-state index contributed by atoms with van der Waals surface area (Å²) in [5.41, 5.74) is 2.24. The van der Waals surface area contributed by atoms with Crippen LogP contribution >= 0.6 is 0 Å². The molecule has 0 saturated carbocycles. The molecule has 0 unspecified atom stereocenters. The van der Waals surface area contributed by atoms with Crippen molar-refractivity contribution in [3.8, 4) is 5.75 Å². The Balaban J connectivity index is 1.98. The molecule has 4 nitrogen and oxygen atoms in total. The first kappa shape index (κ1) is 13.2. The number of para-hydroxylation sites is 1. The van der Waals surface area contributed by atoms with Gasteiger partial charge in [0.15, 0.2) is 0 Å². The number of carbonyl (C=O) groups is 1. The number of ether oxygens (including phenoxy) is 1. The van der Waals surface area contributed by atoms with Crippen LogP contribution in [0.15, 0.2) is 54.7 Å². The van der Waals surface area contributed by atoms with E-state index in [1.807, 2.05) is 24.4 Å². The molecule has 0 fully saturated rings. The van der Waals surface area contributed by atoms with E-state index < -0.39 is 5.97 Å². The van der Waals surface area contributed by atoms with Gasteiger partial charge in [-0.2, -0.15) is 0 Å². The Bertz CT molecular complexity index is 805. The molecule has 0 atom stereocenters. The Hall–Kier alpha value is -2.75. The van der Waals surface area contributed by atoms with E-state index >= 15 is 0 Å². The van der Waals surface area contributed by atoms with E-state index in [4.69, 9.17) is 4.74 Å². The molecular weight excluding hydrogens is 266 g/mol. The maximum atomic E-state index is 11.3. The molecule has 0 saturated heterocycles. The summed E-state index contributed by atoms with van der Waals surface area (Å²) in [4.78, 5) is 11.3. The van der Waals surface area contributed by atoms with Crippen LogP contribution < -0.4 is 4.74 Å². The highest BCUT2D eigenvalue weighted by atomic mass is 16.5. The van der Waals surface area contributed by atoms with E-state index in [1.54, 1.807) is 12.1 Å². The molecule has 21 heavy (non-hydrogen) atoms. The molecule has 1 aromatic heterocycles. The minimum Gasteiger partial charge on any atom is -0.496 e. The fraction of sp³-hybridized carbons (Fsp3) is 0.118. The number of fused-ring (bicyclic) bond motifs is 1. The van der Waals surface area contributed by atoms with Crippen molar-refractivity contribution >= 4 is 16.9 Å².